The summed E-state index contributed by atoms with van der Waals surface area (Å²) in [5.74, 6) is -0.750. The van der Waals surface area contributed by atoms with Gasteiger partial charge in [-0.05, 0) is 23.8 Å². The van der Waals surface area contributed by atoms with E-state index in [9.17, 15) is 22.4 Å². The van der Waals surface area contributed by atoms with Gasteiger partial charge in [-0.3, -0.25) is 5.32 Å². The maximum atomic E-state index is 13.9. The predicted molar refractivity (Wildman–Crippen MR) is 81.2 cm³/mol. The molecule has 0 bridgehead atoms. The second-order valence-corrected chi connectivity index (χ2v) is 4.90. The Morgan fingerprint density at radius 1 is 1.12 bits per heavy atom. The van der Waals surface area contributed by atoms with E-state index in [1.54, 1.807) is 0 Å². The highest BCUT2D eigenvalue weighted by atomic mass is 19.4. The molecule has 0 saturated carbocycles. The third kappa shape index (κ3) is 4.28. The van der Waals surface area contributed by atoms with E-state index < -0.39 is 23.7 Å². The van der Waals surface area contributed by atoms with Crippen molar-refractivity contribution in [3.05, 3.63) is 53.3 Å². The number of hydrogen-bond donors (Lipinski definition) is 4. The maximum absolute atomic E-state index is 13.9. The molecule has 2 rings (SSSR count). The molecular weight excluding hydrogens is 330 g/mol. The zero-order valence-corrected chi connectivity index (χ0v) is 12.1. The standard InChI is InChI=1S/C15H13F4N3O2/c16-10-5-13(22-14(23)24)11(20)6-12(10)21-7-8-1-3-9(4-2-8)15(17,18)19/h1-6,21-22H,7,20H2,(H,23,24). The van der Waals surface area contributed by atoms with Gasteiger partial charge in [-0.2, -0.15) is 13.2 Å². The summed E-state index contributed by atoms with van der Waals surface area (Å²) >= 11 is 0. The van der Waals surface area contributed by atoms with Crippen LogP contribution in [0.4, 0.5) is 39.4 Å². The highest BCUT2D eigenvalue weighted by molar-refractivity contribution is 5.88. The minimum Gasteiger partial charge on any atom is -0.465 e. The van der Waals surface area contributed by atoms with E-state index >= 15 is 0 Å². The van der Waals surface area contributed by atoms with Crippen LogP contribution < -0.4 is 16.4 Å². The number of alkyl halides is 3. The van der Waals surface area contributed by atoms with E-state index in [2.05, 4.69) is 5.32 Å². The molecule has 1 amide bonds. The van der Waals surface area contributed by atoms with Gasteiger partial charge in [0.2, 0.25) is 0 Å². The predicted octanol–water partition coefficient (Wildman–Crippen LogP) is 4.13. The molecule has 0 atom stereocenters. The SMILES string of the molecule is Nc1cc(NCc2ccc(C(F)(F)F)cc2)c(F)cc1NC(=O)O. The summed E-state index contributed by atoms with van der Waals surface area (Å²) in [6.07, 6.45) is -5.80. The molecule has 0 heterocycles. The molecule has 0 aromatic heterocycles. The maximum Gasteiger partial charge on any atom is 0.416 e. The van der Waals surface area contributed by atoms with Crippen molar-refractivity contribution in [3.8, 4) is 0 Å². The van der Waals surface area contributed by atoms with Gasteiger partial charge in [0.05, 0.1) is 22.6 Å². The van der Waals surface area contributed by atoms with Crippen LogP contribution in [0, 0.1) is 5.82 Å². The molecule has 2 aromatic carbocycles. The molecular formula is C15H13F4N3O2. The Kier molecular flexibility index (Phi) is 4.82. The number of carboxylic acid groups (broad SMARTS) is 1. The lowest BCUT2D eigenvalue weighted by atomic mass is 10.1. The molecule has 24 heavy (non-hydrogen) atoms. The largest absolute Gasteiger partial charge is 0.465 e. The molecule has 0 aliphatic carbocycles. The fourth-order valence-electron chi connectivity index (χ4n) is 1.96. The van der Waals surface area contributed by atoms with Gasteiger partial charge in [-0.25, -0.2) is 9.18 Å². The minimum atomic E-state index is -4.42. The summed E-state index contributed by atoms with van der Waals surface area (Å²) in [4.78, 5) is 10.5. The average molecular weight is 343 g/mol. The molecule has 9 heteroatoms. The lowest BCUT2D eigenvalue weighted by molar-refractivity contribution is -0.137. The van der Waals surface area contributed by atoms with Crippen molar-refractivity contribution in [1.29, 1.82) is 0 Å². The first-order valence-corrected chi connectivity index (χ1v) is 6.66. The number of hydrogen-bond acceptors (Lipinski definition) is 3. The Bertz CT molecular complexity index is 746. The van der Waals surface area contributed by atoms with Gasteiger partial charge in [-0.1, -0.05) is 12.1 Å². The second-order valence-electron chi connectivity index (χ2n) is 4.90. The fourth-order valence-corrected chi connectivity index (χ4v) is 1.96. The molecule has 128 valence electrons. The Morgan fingerprint density at radius 3 is 2.29 bits per heavy atom. The second kappa shape index (κ2) is 6.65. The van der Waals surface area contributed by atoms with E-state index in [1.165, 1.54) is 18.2 Å². The van der Waals surface area contributed by atoms with Crippen LogP contribution in [0.25, 0.3) is 0 Å². The van der Waals surface area contributed by atoms with Crippen LogP contribution in [-0.4, -0.2) is 11.2 Å². The van der Waals surface area contributed by atoms with Crippen molar-refractivity contribution < 1.29 is 27.5 Å². The number of nitrogens with two attached hydrogens (primary N) is 1. The molecule has 5 nitrogen and oxygen atoms in total. The van der Waals surface area contributed by atoms with Crippen molar-refractivity contribution in [3.63, 3.8) is 0 Å². The minimum absolute atomic E-state index is 0.00309. The fraction of sp³-hybridized carbons (Fsp3) is 0.133. The molecule has 0 fully saturated rings. The van der Waals surface area contributed by atoms with Crippen molar-refractivity contribution in [2.24, 2.45) is 0 Å². The van der Waals surface area contributed by atoms with Gasteiger partial charge >= 0.3 is 12.3 Å². The number of anilines is 3. The summed E-state index contributed by atoms with van der Waals surface area (Å²) in [6.45, 7) is 0.0696. The van der Waals surface area contributed by atoms with E-state index in [0.717, 1.165) is 18.2 Å². The molecule has 2 aromatic rings. The molecule has 5 N–H and O–H groups in total. The van der Waals surface area contributed by atoms with Crippen LogP contribution in [0.2, 0.25) is 0 Å². The zero-order valence-electron chi connectivity index (χ0n) is 12.1. The summed E-state index contributed by atoms with van der Waals surface area (Å²) in [7, 11) is 0. The van der Waals surface area contributed by atoms with E-state index in [4.69, 9.17) is 10.8 Å². The van der Waals surface area contributed by atoms with E-state index in [-0.39, 0.29) is 23.6 Å². The van der Waals surface area contributed by atoms with E-state index in [1.807, 2.05) is 5.32 Å². The smallest absolute Gasteiger partial charge is 0.416 e. The zero-order chi connectivity index (χ0) is 17.9. The summed E-state index contributed by atoms with van der Waals surface area (Å²) in [5.41, 5.74) is 5.27. The van der Waals surface area contributed by atoms with Gasteiger partial charge in [-0.15, -0.1) is 0 Å². The molecule has 0 unspecified atom stereocenters. The number of amides is 1. The summed E-state index contributed by atoms with van der Waals surface area (Å²) < 4.78 is 51.3. The Morgan fingerprint density at radius 2 is 1.75 bits per heavy atom. The van der Waals surface area contributed by atoms with Crippen LogP contribution >= 0.6 is 0 Å². The quantitative estimate of drug-likeness (QED) is 0.497. The van der Waals surface area contributed by atoms with E-state index in [0.29, 0.717) is 5.56 Å². The number of nitrogens with one attached hydrogen (secondary N) is 2. The van der Waals surface area contributed by atoms with Crippen LogP contribution in [0.5, 0.6) is 0 Å². The summed E-state index contributed by atoms with van der Waals surface area (Å²) in [6, 6.07) is 6.53. The van der Waals surface area contributed by atoms with Crippen LogP contribution in [0.3, 0.4) is 0 Å². The van der Waals surface area contributed by atoms with Crippen molar-refractivity contribution in [1.82, 2.24) is 0 Å². The monoisotopic (exact) mass is 343 g/mol. The first-order chi connectivity index (χ1) is 11.2. The van der Waals surface area contributed by atoms with Crippen LogP contribution in [-0.2, 0) is 12.7 Å². The lowest BCUT2D eigenvalue weighted by Gasteiger charge is -2.12. The number of rotatable bonds is 4. The number of carbonyl (C=O) groups is 1. The Balaban J connectivity index is 2.09. The first kappa shape index (κ1) is 17.4. The van der Waals surface area contributed by atoms with Crippen molar-refractivity contribution in [2.45, 2.75) is 12.7 Å². The van der Waals surface area contributed by atoms with Gasteiger partial charge < -0.3 is 16.2 Å². The van der Waals surface area contributed by atoms with Crippen molar-refractivity contribution in [2.75, 3.05) is 16.4 Å². The Labute approximate surface area is 134 Å². The van der Waals surface area contributed by atoms with Crippen molar-refractivity contribution >= 4 is 23.2 Å². The summed E-state index contributed by atoms with van der Waals surface area (Å²) in [5, 5.41) is 13.2. The van der Waals surface area contributed by atoms with Gasteiger partial charge in [0.15, 0.2) is 0 Å². The highest BCUT2D eigenvalue weighted by Crippen LogP contribution is 2.30. The van der Waals surface area contributed by atoms with Crippen LogP contribution in [0.15, 0.2) is 36.4 Å². The molecule has 0 aliphatic heterocycles. The normalized spacial score (nSPS) is 11.2. The topological polar surface area (TPSA) is 87.4 Å². The number of nitrogen functional groups attached to an aromatic ring is 1. The van der Waals surface area contributed by atoms with Crippen LogP contribution in [0.1, 0.15) is 11.1 Å². The Hall–Kier alpha value is -2.97. The third-order valence-corrected chi connectivity index (χ3v) is 3.15. The molecule has 0 aliphatic rings. The first-order valence-electron chi connectivity index (χ1n) is 6.66. The highest BCUT2D eigenvalue weighted by Gasteiger charge is 2.29. The number of halogens is 4. The number of benzene rings is 2. The molecule has 0 saturated heterocycles. The molecule has 0 radical (unpaired) electrons. The molecule has 0 spiro atoms. The lowest BCUT2D eigenvalue weighted by Crippen LogP contribution is -2.11. The third-order valence-electron chi connectivity index (χ3n) is 3.15. The van der Waals surface area contributed by atoms with Gasteiger partial charge in [0, 0.05) is 12.6 Å². The van der Waals surface area contributed by atoms with Gasteiger partial charge in [0.1, 0.15) is 5.82 Å². The van der Waals surface area contributed by atoms with Gasteiger partial charge in [0.25, 0.3) is 0 Å². The average Bonchev–Trinajstić information content (AvgIpc) is 2.48.